The Kier molecular flexibility index (Phi) is 2.06. The number of rotatable bonds is 1. The monoisotopic (exact) mass is 214 g/mol. The number of hydrogen-bond acceptors (Lipinski definition) is 2. The highest BCUT2D eigenvalue weighted by atomic mass is 16.1. The summed E-state index contributed by atoms with van der Waals surface area (Å²) >= 11 is 0. The van der Waals surface area contributed by atoms with Crippen molar-refractivity contribution in [3.05, 3.63) is 29.7 Å². The first-order valence-electron chi connectivity index (χ1n) is 5.81. The van der Waals surface area contributed by atoms with Crippen molar-refractivity contribution in [2.75, 3.05) is 0 Å². The Morgan fingerprint density at radius 3 is 3.12 bits per heavy atom. The predicted octanol–water partition coefficient (Wildman–Crippen LogP) is 2.58. The number of hydrogen-bond donors (Lipinski definition) is 0. The van der Waals surface area contributed by atoms with E-state index in [-0.39, 0.29) is 0 Å². The molecule has 0 aromatic carbocycles. The van der Waals surface area contributed by atoms with Crippen molar-refractivity contribution >= 4 is 16.7 Å². The molecule has 0 fully saturated rings. The molecule has 1 aliphatic rings. The van der Waals surface area contributed by atoms with E-state index in [2.05, 4.69) is 16.5 Å². The number of pyridine rings is 1. The van der Waals surface area contributed by atoms with Crippen molar-refractivity contribution in [2.24, 2.45) is 0 Å². The van der Waals surface area contributed by atoms with E-state index in [4.69, 9.17) is 0 Å². The van der Waals surface area contributed by atoms with Crippen LogP contribution in [0, 0.1) is 0 Å². The Balaban J connectivity index is 2.43. The standard InChI is InChI=1S/C13H14N2O/c1-2-15-10-4-3-5-12(16)13(10)9-6-7-14-8-11(9)15/h6-8H,2-5H2,1H3. The molecule has 2 aromatic rings. The van der Waals surface area contributed by atoms with Gasteiger partial charge in [-0.1, -0.05) is 0 Å². The molecule has 0 spiro atoms. The second kappa shape index (κ2) is 3.44. The van der Waals surface area contributed by atoms with E-state index >= 15 is 0 Å². The zero-order chi connectivity index (χ0) is 11.1. The lowest BCUT2D eigenvalue weighted by Crippen LogP contribution is -2.12. The second-order valence-corrected chi connectivity index (χ2v) is 4.24. The Morgan fingerprint density at radius 1 is 1.44 bits per heavy atom. The molecule has 0 N–H and O–H groups in total. The maximum Gasteiger partial charge on any atom is 0.165 e. The summed E-state index contributed by atoms with van der Waals surface area (Å²) in [5.74, 6) is 0.296. The number of nitrogens with zero attached hydrogens (tertiary/aromatic N) is 2. The first kappa shape index (κ1) is 9.58. The molecule has 3 rings (SSSR count). The van der Waals surface area contributed by atoms with Gasteiger partial charge in [-0.2, -0.15) is 0 Å². The summed E-state index contributed by atoms with van der Waals surface area (Å²) in [5, 5.41) is 1.08. The molecule has 3 nitrogen and oxygen atoms in total. The second-order valence-electron chi connectivity index (χ2n) is 4.24. The van der Waals surface area contributed by atoms with Crippen LogP contribution in [0.15, 0.2) is 18.5 Å². The number of carbonyl (C=O) groups is 1. The SMILES string of the molecule is CCn1c2c(c3ccncc31)C(=O)CCC2. The van der Waals surface area contributed by atoms with Gasteiger partial charge in [0, 0.05) is 35.8 Å². The molecule has 0 amide bonds. The number of fused-ring (bicyclic) bond motifs is 3. The molecule has 2 heterocycles. The van der Waals surface area contributed by atoms with E-state index in [1.165, 1.54) is 5.69 Å². The molecule has 0 saturated heterocycles. The third kappa shape index (κ3) is 1.14. The molecular formula is C13H14N2O. The number of aryl methyl sites for hydroxylation is 1. The topological polar surface area (TPSA) is 34.9 Å². The van der Waals surface area contributed by atoms with Gasteiger partial charge in [0.15, 0.2) is 5.78 Å². The van der Waals surface area contributed by atoms with Crippen molar-refractivity contribution in [1.29, 1.82) is 0 Å². The fourth-order valence-electron chi connectivity index (χ4n) is 2.72. The maximum atomic E-state index is 12.0. The fraction of sp³-hybridized carbons (Fsp3) is 0.385. The summed E-state index contributed by atoms with van der Waals surface area (Å²) in [6.45, 7) is 3.02. The van der Waals surface area contributed by atoms with Gasteiger partial charge >= 0.3 is 0 Å². The first-order chi connectivity index (χ1) is 7.83. The Labute approximate surface area is 94.1 Å². The van der Waals surface area contributed by atoms with Gasteiger partial charge in [-0.3, -0.25) is 9.78 Å². The number of ketones is 1. The van der Waals surface area contributed by atoms with Crippen molar-refractivity contribution in [2.45, 2.75) is 32.7 Å². The van der Waals surface area contributed by atoms with E-state index < -0.39 is 0 Å². The first-order valence-corrected chi connectivity index (χ1v) is 5.81. The number of aromatic nitrogens is 2. The van der Waals surface area contributed by atoms with Gasteiger partial charge in [-0.15, -0.1) is 0 Å². The molecule has 0 radical (unpaired) electrons. The molecule has 1 aliphatic carbocycles. The van der Waals surface area contributed by atoms with Crippen LogP contribution in [0.4, 0.5) is 0 Å². The summed E-state index contributed by atoms with van der Waals surface area (Å²) < 4.78 is 2.23. The highest BCUT2D eigenvalue weighted by molar-refractivity contribution is 6.10. The summed E-state index contributed by atoms with van der Waals surface area (Å²) in [4.78, 5) is 16.2. The van der Waals surface area contributed by atoms with Crippen LogP contribution in [0.2, 0.25) is 0 Å². The van der Waals surface area contributed by atoms with Gasteiger partial charge in [0.1, 0.15) is 0 Å². The summed E-state index contributed by atoms with van der Waals surface area (Å²) in [6.07, 6.45) is 6.33. The minimum absolute atomic E-state index is 0.296. The van der Waals surface area contributed by atoms with Crippen LogP contribution in [-0.4, -0.2) is 15.3 Å². The van der Waals surface area contributed by atoms with Crippen molar-refractivity contribution < 1.29 is 4.79 Å². The van der Waals surface area contributed by atoms with Gasteiger partial charge in [-0.05, 0) is 25.8 Å². The minimum Gasteiger partial charge on any atom is -0.343 e. The normalized spacial score (nSPS) is 15.4. The summed E-state index contributed by atoms with van der Waals surface area (Å²) in [7, 11) is 0. The Bertz CT molecular complexity index is 569. The van der Waals surface area contributed by atoms with E-state index in [0.717, 1.165) is 35.9 Å². The summed E-state index contributed by atoms with van der Waals surface area (Å²) in [6, 6.07) is 1.96. The Morgan fingerprint density at radius 2 is 2.31 bits per heavy atom. The minimum atomic E-state index is 0.296. The van der Waals surface area contributed by atoms with Crippen LogP contribution in [0.25, 0.3) is 10.9 Å². The highest BCUT2D eigenvalue weighted by Crippen LogP contribution is 2.31. The highest BCUT2D eigenvalue weighted by Gasteiger charge is 2.24. The maximum absolute atomic E-state index is 12.0. The van der Waals surface area contributed by atoms with Gasteiger partial charge in [-0.25, -0.2) is 0 Å². The molecule has 0 atom stereocenters. The van der Waals surface area contributed by atoms with Gasteiger partial charge < -0.3 is 4.57 Å². The molecule has 0 saturated carbocycles. The van der Waals surface area contributed by atoms with Crippen LogP contribution >= 0.6 is 0 Å². The zero-order valence-corrected chi connectivity index (χ0v) is 9.36. The average molecular weight is 214 g/mol. The molecule has 16 heavy (non-hydrogen) atoms. The molecular weight excluding hydrogens is 200 g/mol. The molecule has 0 unspecified atom stereocenters. The van der Waals surface area contributed by atoms with Gasteiger partial charge in [0.2, 0.25) is 0 Å². The van der Waals surface area contributed by atoms with Gasteiger partial charge in [0.25, 0.3) is 0 Å². The van der Waals surface area contributed by atoms with E-state index in [9.17, 15) is 4.79 Å². The largest absolute Gasteiger partial charge is 0.343 e. The number of Topliss-reactive ketones (excluding diaryl/α,β-unsaturated/α-hetero) is 1. The van der Waals surface area contributed by atoms with Gasteiger partial charge in [0.05, 0.1) is 11.7 Å². The third-order valence-electron chi connectivity index (χ3n) is 3.39. The van der Waals surface area contributed by atoms with Crippen LogP contribution in [-0.2, 0) is 13.0 Å². The third-order valence-corrected chi connectivity index (χ3v) is 3.39. The van der Waals surface area contributed by atoms with Crippen molar-refractivity contribution in [1.82, 2.24) is 9.55 Å². The molecule has 2 aromatic heterocycles. The fourth-order valence-corrected chi connectivity index (χ4v) is 2.72. The summed E-state index contributed by atoms with van der Waals surface area (Å²) in [5.41, 5.74) is 3.26. The van der Waals surface area contributed by atoms with Crippen LogP contribution in [0.5, 0.6) is 0 Å². The number of carbonyl (C=O) groups excluding carboxylic acids is 1. The van der Waals surface area contributed by atoms with E-state index in [1.54, 1.807) is 6.20 Å². The quantitative estimate of drug-likeness (QED) is 0.731. The van der Waals surface area contributed by atoms with Crippen molar-refractivity contribution in [3.63, 3.8) is 0 Å². The van der Waals surface area contributed by atoms with E-state index in [0.29, 0.717) is 12.2 Å². The van der Waals surface area contributed by atoms with Crippen LogP contribution in [0.3, 0.4) is 0 Å². The lowest BCUT2D eigenvalue weighted by molar-refractivity contribution is 0.0973. The van der Waals surface area contributed by atoms with Crippen LogP contribution < -0.4 is 0 Å². The average Bonchev–Trinajstić information content (AvgIpc) is 2.64. The van der Waals surface area contributed by atoms with Crippen LogP contribution in [0.1, 0.15) is 35.8 Å². The predicted molar refractivity (Wildman–Crippen MR) is 62.7 cm³/mol. The van der Waals surface area contributed by atoms with Crippen molar-refractivity contribution in [3.8, 4) is 0 Å². The smallest absolute Gasteiger partial charge is 0.165 e. The molecule has 0 aliphatic heterocycles. The Hall–Kier alpha value is -1.64. The molecule has 82 valence electrons. The molecule has 0 bridgehead atoms. The van der Waals surface area contributed by atoms with E-state index in [1.807, 2.05) is 12.3 Å². The lowest BCUT2D eigenvalue weighted by atomic mass is 9.94. The molecule has 3 heteroatoms. The zero-order valence-electron chi connectivity index (χ0n) is 9.36. The lowest BCUT2D eigenvalue weighted by Gasteiger charge is -2.13.